The molecule has 100 valence electrons. The molecular formula is C10H9N3O5S. The molecule has 0 aliphatic carbocycles. The van der Waals surface area contributed by atoms with Crippen molar-refractivity contribution < 1.29 is 17.5 Å². The number of imidazole rings is 1. The van der Waals surface area contributed by atoms with E-state index >= 15 is 0 Å². The van der Waals surface area contributed by atoms with Crippen molar-refractivity contribution in [3.8, 4) is 6.01 Å². The van der Waals surface area contributed by atoms with E-state index < -0.39 is 20.8 Å². The summed E-state index contributed by atoms with van der Waals surface area (Å²) in [7, 11) is -3.85. The summed E-state index contributed by atoms with van der Waals surface area (Å²) in [5.41, 5.74) is 0.283. The molecule has 0 fully saturated rings. The van der Waals surface area contributed by atoms with Crippen LogP contribution in [0.25, 0.3) is 0 Å². The first kappa shape index (κ1) is 13.0. The highest BCUT2D eigenvalue weighted by molar-refractivity contribution is 7.86. The number of hydrogen-bond acceptors (Lipinski definition) is 6. The van der Waals surface area contributed by atoms with Crippen LogP contribution in [0.1, 0.15) is 5.56 Å². The second kappa shape index (κ2) is 5.06. The molecule has 0 radical (unpaired) electrons. The minimum absolute atomic E-state index is 0.104. The van der Waals surface area contributed by atoms with E-state index in [1.807, 2.05) is 0 Å². The van der Waals surface area contributed by atoms with Gasteiger partial charge in [0, 0.05) is 24.5 Å². The second-order valence-electron chi connectivity index (χ2n) is 3.60. The number of non-ortho nitro benzene ring substituents is 1. The summed E-state index contributed by atoms with van der Waals surface area (Å²) in [5, 5.41) is 10.5. The molecule has 1 aromatic heterocycles. The van der Waals surface area contributed by atoms with Gasteiger partial charge in [-0.2, -0.15) is 8.42 Å². The van der Waals surface area contributed by atoms with Crippen LogP contribution >= 0.6 is 0 Å². The van der Waals surface area contributed by atoms with Crippen molar-refractivity contribution in [3.63, 3.8) is 0 Å². The van der Waals surface area contributed by atoms with Crippen LogP contribution in [0.4, 0.5) is 5.69 Å². The van der Waals surface area contributed by atoms with Crippen LogP contribution in [0, 0.1) is 10.1 Å². The standard InChI is InChI=1S/C10H9N3O5S/c14-13(15)9-3-1-8(2-4-9)7-19(16,17)18-10-11-5-6-12-10/h1-6H,7H2,(H,11,12). The second-order valence-corrected chi connectivity index (χ2v) is 5.17. The van der Waals surface area contributed by atoms with Gasteiger partial charge in [-0.3, -0.25) is 10.1 Å². The van der Waals surface area contributed by atoms with E-state index in [1.165, 1.54) is 36.7 Å². The molecule has 1 aromatic carbocycles. The first-order valence-electron chi connectivity index (χ1n) is 5.11. The molecule has 0 bridgehead atoms. The van der Waals surface area contributed by atoms with E-state index in [0.29, 0.717) is 5.56 Å². The van der Waals surface area contributed by atoms with Crippen molar-refractivity contribution >= 4 is 15.8 Å². The van der Waals surface area contributed by atoms with Gasteiger partial charge in [-0.15, -0.1) is 0 Å². The van der Waals surface area contributed by atoms with Crippen LogP contribution in [-0.2, 0) is 15.9 Å². The molecule has 0 atom stereocenters. The maximum atomic E-state index is 11.7. The molecule has 19 heavy (non-hydrogen) atoms. The lowest BCUT2D eigenvalue weighted by molar-refractivity contribution is -0.384. The number of nitrogens with zero attached hydrogens (tertiary/aromatic N) is 2. The Kier molecular flexibility index (Phi) is 3.47. The lowest BCUT2D eigenvalue weighted by atomic mass is 10.2. The SMILES string of the molecule is O=[N+]([O-])c1ccc(CS(=O)(=O)Oc2ncc[nH]2)cc1. The third-order valence-corrected chi connectivity index (χ3v) is 3.27. The van der Waals surface area contributed by atoms with E-state index in [-0.39, 0.29) is 11.7 Å². The molecule has 0 aliphatic heterocycles. The molecule has 0 saturated heterocycles. The number of aromatic nitrogens is 2. The van der Waals surface area contributed by atoms with Gasteiger partial charge in [0.2, 0.25) is 0 Å². The third kappa shape index (κ3) is 3.52. The third-order valence-electron chi connectivity index (χ3n) is 2.17. The molecule has 9 heteroatoms. The fraction of sp³-hybridized carbons (Fsp3) is 0.100. The summed E-state index contributed by atoms with van der Waals surface area (Å²) < 4.78 is 28.0. The van der Waals surface area contributed by atoms with Gasteiger partial charge in [-0.05, 0) is 5.56 Å². The number of aromatic amines is 1. The summed E-state index contributed by atoms with van der Waals surface area (Å²) in [6, 6.07) is 5.07. The normalized spacial score (nSPS) is 11.2. The van der Waals surface area contributed by atoms with E-state index in [2.05, 4.69) is 9.97 Å². The summed E-state index contributed by atoms with van der Waals surface area (Å²) in [5.74, 6) is -0.397. The van der Waals surface area contributed by atoms with E-state index in [9.17, 15) is 18.5 Å². The highest BCUT2D eigenvalue weighted by Gasteiger charge is 2.16. The zero-order valence-corrected chi connectivity index (χ0v) is 10.3. The van der Waals surface area contributed by atoms with Gasteiger partial charge in [0.15, 0.2) is 0 Å². The van der Waals surface area contributed by atoms with Crippen LogP contribution < -0.4 is 4.18 Å². The molecule has 8 nitrogen and oxygen atoms in total. The zero-order chi connectivity index (χ0) is 13.9. The number of nitro benzene ring substituents is 1. The Hall–Kier alpha value is -2.42. The molecule has 0 saturated carbocycles. The predicted molar refractivity (Wildman–Crippen MR) is 64.9 cm³/mol. The first-order chi connectivity index (χ1) is 8.96. The molecule has 0 aliphatic rings. The van der Waals surface area contributed by atoms with Crippen molar-refractivity contribution in [1.82, 2.24) is 9.97 Å². The fourth-order valence-electron chi connectivity index (χ4n) is 1.36. The van der Waals surface area contributed by atoms with Crippen LogP contribution in [0.3, 0.4) is 0 Å². The largest absolute Gasteiger partial charge is 0.345 e. The minimum Gasteiger partial charge on any atom is -0.345 e. The molecule has 2 rings (SSSR count). The van der Waals surface area contributed by atoms with Gasteiger partial charge in [-0.25, -0.2) is 4.98 Å². The van der Waals surface area contributed by atoms with E-state index in [1.54, 1.807) is 0 Å². The van der Waals surface area contributed by atoms with Crippen molar-refractivity contribution in [1.29, 1.82) is 0 Å². The highest BCUT2D eigenvalue weighted by Crippen LogP contribution is 2.15. The van der Waals surface area contributed by atoms with Gasteiger partial charge in [0.1, 0.15) is 5.75 Å². The zero-order valence-electron chi connectivity index (χ0n) is 9.52. The van der Waals surface area contributed by atoms with Crippen LogP contribution in [0.15, 0.2) is 36.7 Å². The average molecular weight is 283 g/mol. The van der Waals surface area contributed by atoms with Gasteiger partial charge in [-0.1, -0.05) is 12.1 Å². The van der Waals surface area contributed by atoms with Crippen molar-refractivity contribution in [2.75, 3.05) is 0 Å². The number of rotatable bonds is 5. The maximum absolute atomic E-state index is 11.7. The number of hydrogen-bond donors (Lipinski definition) is 1. The van der Waals surface area contributed by atoms with E-state index in [0.717, 1.165) is 0 Å². The predicted octanol–water partition coefficient (Wildman–Crippen LogP) is 1.23. The smallest absolute Gasteiger partial charge is 0.316 e. The summed E-state index contributed by atoms with van der Waals surface area (Å²) in [6.45, 7) is 0. The number of benzene rings is 1. The van der Waals surface area contributed by atoms with Gasteiger partial charge in [0.25, 0.3) is 5.69 Å². The first-order valence-corrected chi connectivity index (χ1v) is 6.69. The summed E-state index contributed by atoms with van der Waals surface area (Å²) in [6.07, 6.45) is 2.79. The monoisotopic (exact) mass is 283 g/mol. The van der Waals surface area contributed by atoms with Gasteiger partial charge >= 0.3 is 16.1 Å². The minimum atomic E-state index is -3.85. The number of nitrogens with one attached hydrogen (secondary N) is 1. The number of H-pyrrole nitrogens is 1. The van der Waals surface area contributed by atoms with Crippen LogP contribution in [-0.4, -0.2) is 23.3 Å². The van der Waals surface area contributed by atoms with Crippen molar-refractivity contribution in [2.24, 2.45) is 0 Å². The Bertz CT molecular complexity index is 664. The van der Waals surface area contributed by atoms with Gasteiger partial charge < -0.3 is 9.17 Å². The summed E-state index contributed by atoms with van der Waals surface area (Å²) >= 11 is 0. The molecule has 1 heterocycles. The summed E-state index contributed by atoms with van der Waals surface area (Å²) in [4.78, 5) is 16.0. The Morgan fingerprint density at radius 2 is 2.00 bits per heavy atom. The van der Waals surface area contributed by atoms with Crippen LogP contribution in [0.5, 0.6) is 6.01 Å². The molecule has 0 spiro atoms. The molecular weight excluding hydrogens is 274 g/mol. The highest BCUT2D eigenvalue weighted by atomic mass is 32.2. The van der Waals surface area contributed by atoms with Crippen molar-refractivity contribution in [2.45, 2.75) is 5.75 Å². The van der Waals surface area contributed by atoms with E-state index in [4.69, 9.17) is 4.18 Å². The average Bonchev–Trinajstić information content (AvgIpc) is 2.81. The topological polar surface area (TPSA) is 115 Å². The Balaban J connectivity index is 2.09. The number of nitro groups is 1. The lowest BCUT2D eigenvalue weighted by Gasteiger charge is -2.03. The van der Waals surface area contributed by atoms with Crippen molar-refractivity contribution in [3.05, 3.63) is 52.3 Å². The molecule has 2 aromatic rings. The quantitative estimate of drug-likeness (QED) is 0.501. The van der Waals surface area contributed by atoms with Crippen LogP contribution in [0.2, 0.25) is 0 Å². The maximum Gasteiger partial charge on any atom is 0.316 e. The molecule has 0 unspecified atom stereocenters. The Morgan fingerprint density at radius 1 is 1.32 bits per heavy atom. The Labute approximate surface area is 108 Å². The lowest BCUT2D eigenvalue weighted by Crippen LogP contribution is -2.12. The fourth-order valence-corrected chi connectivity index (χ4v) is 2.36. The molecule has 1 N–H and O–H groups in total. The van der Waals surface area contributed by atoms with Gasteiger partial charge in [0.05, 0.1) is 4.92 Å². The Morgan fingerprint density at radius 3 is 2.53 bits per heavy atom. The molecule has 0 amide bonds.